The number of amidine groups is 1. The maximum Gasteiger partial charge on any atom is 0.153 e. The van der Waals surface area contributed by atoms with E-state index in [4.69, 9.17) is 15.4 Å². The molecule has 3 aromatic rings. The largest absolute Gasteiger partial charge is 0.460 e. The van der Waals surface area contributed by atoms with Crippen LogP contribution in [0.15, 0.2) is 63.5 Å². The van der Waals surface area contributed by atoms with Gasteiger partial charge in [0.15, 0.2) is 5.84 Å². The number of hydrogen-bond acceptors (Lipinski definition) is 7. The van der Waals surface area contributed by atoms with E-state index < -0.39 is 0 Å². The van der Waals surface area contributed by atoms with Crippen molar-refractivity contribution >= 4 is 11.5 Å². The molecule has 1 aromatic carbocycles. The van der Waals surface area contributed by atoms with Gasteiger partial charge in [0, 0.05) is 41.5 Å². The summed E-state index contributed by atoms with van der Waals surface area (Å²) in [5, 5.41) is 24.8. The number of fused-ring (bicyclic) bond motifs is 1. The monoisotopic (exact) mass is 445 g/mol. The molecule has 0 spiro atoms. The van der Waals surface area contributed by atoms with Crippen LogP contribution in [0.3, 0.4) is 0 Å². The van der Waals surface area contributed by atoms with Gasteiger partial charge < -0.3 is 20.6 Å². The number of aromatic nitrogens is 1. The van der Waals surface area contributed by atoms with E-state index >= 15 is 0 Å². The first-order valence-corrected chi connectivity index (χ1v) is 11.2. The maximum absolute atomic E-state index is 9.27. The highest BCUT2D eigenvalue weighted by atomic mass is 16.4. The second-order valence-electron chi connectivity index (χ2n) is 8.71. The van der Waals surface area contributed by atoms with E-state index in [1.807, 2.05) is 18.2 Å². The van der Waals surface area contributed by atoms with Crippen LogP contribution in [0.4, 0.5) is 0 Å². The third-order valence-corrected chi connectivity index (χ3v) is 6.59. The number of nitrogens with zero attached hydrogens (tertiary/aromatic N) is 4. The normalized spacial score (nSPS) is 20.3. The average molecular weight is 446 g/mol. The highest BCUT2D eigenvalue weighted by molar-refractivity contribution is 6.04. The Bertz CT molecular complexity index is 1200. The summed E-state index contributed by atoms with van der Waals surface area (Å²) >= 11 is 0. The summed E-state index contributed by atoms with van der Waals surface area (Å²) in [5.41, 5.74) is 11.8. The number of hydrogen-bond donors (Lipinski definition) is 3. The van der Waals surface area contributed by atoms with Gasteiger partial charge in [-0.3, -0.25) is 9.88 Å². The summed E-state index contributed by atoms with van der Waals surface area (Å²) in [4.78, 5) is 6.35. The topological polar surface area (TPSA) is 120 Å². The molecule has 1 unspecified atom stereocenters. The smallest absolute Gasteiger partial charge is 0.153 e. The summed E-state index contributed by atoms with van der Waals surface area (Å²) in [6.45, 7) is 2.15. The van der Waals surface area contributed by atoms with Gasteiger partial charge in [0.05, 0.1) is 12.3 Å². The van der Waals surface area contributed by atoms with Crippen LogP contribution in [0.5, 0.6) is 0 Å². The Morgan fingerprint density at radius 3 is 2.73 bits per heavy atom. The molecule has 170 valence electrons. The zero-order chi connectivity index (χ0) is 22.8. The third kappa shape index (κ3) is 4.21. The molecule has 33 heavy (non-hydrogen) atoms. The number of nitrogens with two attached hydrogens (primary N) is 1. The summed E-state index contributed by atoms with van der Waals surface area (Å²) in [7, 11) is 0. The minimum atomic E-state index is 0.220. The first kappa shape index (κ1) is 21.2. The maximum atomic E-state index is 9.27. The van der Waals surface area contributed by atoms with Crippen LogP contribution in [0, 0.1) is 0 Å². The number of furan rings is 1. The Kier molecular flexibility index (Phi) is 5.83. The van der Waals surface area contributed by atoms with Crippen LogP contribution in [0.1, 0.15) is 42.1 Å². The van der Waals surface area contributed by atoms with Crippen LogP contribution in [0.25, 0.3) is 22.5 Å². The molecule has 1 fully saturated rings. The van der Waals surface area contributed by atoms with Gasteiger partial charge in [0.2, 0.25) is 0 Å². The van der Waals surface area contributed by atoms with Gasteiger partial charge in [-0.05, 0) is 61.6 Å². The fourth-order valence-electron chi connectivity index (χ4n) is 4.98. The van der Waals surface area contributed by atoms with Crippen molar-refractivity contribution in [3.8, 4) is 22.5 Å². The molecule has 5 rings (SSSR count). The van der Waals surface area contributed by atoms with Gasteiger partial charge in [0.25, 0.3) is 0 Å². The summed E-state index contributed by atoms with van der Waals surface area (Å²) in [6, 6.07) is 12.4. The third-order valence-electron chi connectivity index (χ3n) is 6.59. The molecule has 0 saturated carbocycles. The molecular formula is C25H27N5O3. The molecule has 0 radical (unpaired) electrons. The van der Waals surface area contributed by atoms with Crippen molar-refractivity contribution < 1.29 is 14.8 Å². The molecule has 1 atom stereocenters. The van der Waals surface area contributed by atoms with Crippen molar-refractivity contribution in [2.75, 3.05) is 19.6 Å². The molecule has 0 bridgehead atoms. The number of pyridine rings is 1. The van der Waals surface area contributed by atoms with Crippen LogP contribution in [0.2, 0.25) is 0 Å². The van der Waals surface area contributed by atoms with Gasteiger partial charge in [-0.2, -0.15) is 0 Å². The van der Waals surface area contributed by atoms with Crippen molar-refractivity contribution in [2.45, 2.75) is 31.6 Å². The second-order valence-corrected chi connectivity index (χ2v) is 8.71. The van der Waals surface area contributed by atoms with E-state index in [1.165, 1.54) is 5.56 Å². The Balaban J connectivity index is 1.52. The van der Waals surface area contributed by atoms with Crippen molar-refractivity contribution in [3.63, 3.8) is 0 Å². The van der Waals surface area contributed by atoms with E-state index in [1.54, 1.807) is 12.4 Å². The number of rotatable bonds is 5. The van der Waals surface area contributed by atoms with E-state index in [-0.39, 0.29) is 11.8 Å². The van der Waals surface area contributed by atoms with Gasteiger partial charge >= 0.3 is 0 Å². The molecule has 2 aromatic heterocycles. The first-order chi connectivity index (χ1) is 16.2. The molecule has 8 heteroatoms. The molecule has 1 saturated heterocycles. The first-order valence-electron chi connectivity index (χ1n) is 11.2. The van der Waals surface area contributed by atoms with Gasteiger partial charge in [-0.15, -0.1) is 0 Å². The van der Waals surface area contributed by atoms with Gasteiger partial charge in [-0.1, -0.05) is 28.5 Å². The SMILES string of the molecule is NC(CN1CCCC(c2cc(-c3ccc4c(c3)CC/C4=N/O)c(-c3ccncc3)o2)C1)=NO. The van der Waals surface area contributed by atoms with E-state index in [0.717, 1.165) is 78.3 Å². The van der Waals surface area contributed by atoms with E-state index in [9.17, 15) is 5.21 Å². The Hall–Kier alpha value is -3.65. The number of oxime groups is 2. The predicted molar refractivity (Wildman–Crippen MR) is 126 cm³/mol. The summed E-state index contributed by atoms with van der Waals surface area (Å²) < 4.78 is 6.51. The fraction of sp³-hybridized carbons (Fsp3) is 0.320. The highest BCUT2D eigenvalue weighted by Crippen LogP contribution is 2.40. The molecular weight excluding hydrogens is 418 g/mol. The Morgan fingerprint density at radius 2 is 1.94 bits per heavy atom. The van der Waals surface area contributed by atoms with Crippen LogP contribution >= 0.6 is 0 Å². The lowest BCUT2D eigenvalue weighted by Gasteiger charge is -2.31. The lowest BCUT2D eigenvalue weighted by molar-refractivity contribution is 0.216. The van der Waals surface area contributed by atoms with Gasteiger partial charge in [0.1, 0.15) is 11.5 Å². The van der Waals surface area contributed by atoms with Gasteiger partial charge in [-0.25, -0.2) is 0 Å². The van der Waals surface area contributed by atoms with Crippen molar-refractivity contribution in [2.24, 2.45) is 16.0 Å². The average Bonchev–Trinajstić information content (AvgIpc) is 3.49. The van der Waals surface area contributed by atoms with Crippen LogP contribution in [-0.4, -0.2) is 51.5 Å². The minimum absolute atomic E-state index is 0.220. The minimum Gasteiger partial charge on any atom is -0.460 e. The molecule has 2 aliphatic rings. The molecule has 1 aliphatic carbocycles. The van der Waals surface area contributed by atoms with E-state index in [2.05, 4.69) is 38.4 Å². The fourth-order valence-corrected chi connectivity index (χ4v) is 4.98. The molecule has 0 amide bonds. The van der Waals surface area contributed by atoms with Crippen LogP contribution < -0.4 is 5.73 Å². The Morgan fingerprint density at radius 1 is 1.09 bits per heavy atom. The Labute approximate surface area is 192 Å². The lowest BCUT2D eigenvalue weighted by atomic mass is 9.93. The second kappa shape index (κ2) is 9.07. The van der Waals surface area contributed by atoms with E-state index in [0.29, 0.717) is 6.54 Å². The molecule has 4 N–H and O–H groups in total. The quantitative estimate of drug-likeness (QED) is 0.236. The standard InChI is InChI=1S/C25H27N5O3/c26-24(29-32)15-30-11-1-2-19(14-30)23-13-21(25(33-23)16-7-9-27-10-8-16)18-3-5-20-17(12-18)4-6-22(20)28-31/h3,5,7-10,12-13,19,31-32H,1-2,4,6,11,14-15H2,(H2,26,29)/b28-22-. The predicted octanol–water partition coefficient (Wildman–Crippen LogP) is 4.06. The van der Waals surface area contributed by atoms with Crippen molar-refractivity contribution in [3.05, 3.63) is 65.7 Å². The molecule has 8 nitrogen and oxygen atoms in total. The number of piperidine rings is 1. The van der Waals surface area contributed by atoms with Crippen LogP contribution in [-0.2, 0) is 6.42 Å². The number of benzene rings is 1. The number of likely N-dealkylation sites (tertiary alicyclic amines) is 1. The number of aryl methyl sites for hydroxylation is 1. The summed E-state index contributed by atoms with van der Waals surface area (Å²) in [5.74, 6) is 2.22. The molecule has 3 heterocycles. The van der Waals surface area contributed by atoms with Crippen molar-refractivity contribution in [1.82, 2.24) is 9.88 Å². The lowest BCUT2D eigenvalue weighted by Crippen LogP contribution is -2.40. The zero-order valence-electron chi connectivity index (χ0n) is 18.3. The molecule has 1 aliphatic heterocycles. The highest BCUT2D eigenvalue weighted by Gasteiger charge is 2.27. The summed E-state index contributed by atoms with van der Waals surface area (Å²) in [6.07, 6.45) is 7.20. The van der Waals surface area contributed by atoms with Crippen molar-refractivity contribution in [1.29, 1.82) is 0 Å². The zero-order valence-corrected chi connectivity index (χ0v) is 18.3.